The Morgan fingerprint density at radius 3 is 2.48 bits per heavy atom. The molecule has 0 saturated heterocycles. The van der Waals surface area contributed by atoms with Gasteiger partial charge in [0.25, 0.3) is 0 Å². The van der Waals surface area contributed by atoms with E-state index in [0.717, 1.165) is 41.5 Å². The van der Waals surface area contributed by atoms with Crippen LogP contribution in [0.1, 0.15) is 19.4 Å². The second kappa shape index (κ2) is 8.77. The average Bonchev–Trinajstić information content (AvgIpc) is 2.63. The van der Waals surface area contributed by atoms with Crippen molar-refractivity contribution in [2.24, 2.45) is 4.99 Å². The highest BCUT2D eigenvalue weighted by Gasteiger charge is 2.16. The first kappa shape index (κ1) is 19.1. The van der Waals surface area contributed by atoms with Gasteiger partial charge < -0.3 is 14.5 Å². The van der Waals surface area contributed by atoms with Gasteiger partial charge in [-0.25, -0.2) is 4.99 Å². The Morgan fingerprint density at radius 2 is 1.84 bits per heavy atom. The molecule has 4 nitrogen and oxygen atoms in total. The molecule has 2 aromatic carbocycles. The average molecular weight is 360 g/mol. The molecule has 0 aliphatic carbocycles. The van der Waals surface area contributed by atoms with Crippen LogP contribution in [0, 0.1) is 6.92 Å². The highest BCUT2D eigenvalue weighted by atomic mass is 35.5. The van der Waals surface area contributed by atoms with Crippen LogP contribution in [0.4, 0.5) is 17.1 Å². The number of benzene rings is 2. The Balaban J connectivity index is 2.44. The maximum atomic E-state index is 6.50. The molecule has 0 amide bonds. The molecule has 0 N–H and O–H groups in total. The lowest BCUT2D eigenvalue weighted by molar-refractivity contribution is 0.415. The van der Waals surface area contributed by atoms with Crippen LogP contribution in [0.15, 0.2) is 41.4 Å². The molecule has 25 heavy (non-hydrogen) atoms. The summed E-state index contributed by atoms with van der Waals surface area (Å²) in [6.45, 7) is 7.97. The summed E-state index contributed by atoms with van der Waals surface area (Å²) < 4.78 is 5.52. The molecule has 2 aromatic rings. The number of para-hydroxylation sites is 2. The van der Waals surface area contributed by atoms with Gasteiger partial charge in [-0.2, -0.15) is 0 Å². The quantitative estimate of drug-likeness (QED) is 0.487. The number of aliphatic imine (C=N–C) groups is 1. The molecule has 5 heteroatoms. The molecule has 0 bridgehead atoms. The van der Waals surface area contributed by atoms with Crippen molar-refractivity contribution in [3.05, 3.63) is 47.0 Å². The number of nitrogens with zero attached hydrogens (tertiary/aromatic N) is 3. The number of anilines is 2. The van der Waals surface area contributed by atoms with Gasteiger partial charge in [0, 0.05) is 25.8 Å². The Labute approximate surface area is 155 Å². The Hall–Kier alpha value is -2.20. The molecular weight excluding hydrogens is 334 g/mol. The predicted molar refractivity (Wildman–Crippen MR) is 108 cm³/mol. The normalized spacial score (nSPS) is 11.0. The van der Waals surface area contributed by atoms with E-state index in [-0.39, 0.29) is 0 Å². The fraction of sp³-hybridized carbons (Fsp3) is 0.350. The highest BCUT2D eigenvalue weighted by molar-refractivity contribution is 6.33. The Kier molecular flexibility index (Phi) is 6.71. The van der Waals surface area contributed by atoms with Crippen LogP contribution in [0.5, 0.6) is 5.75 Å². The number of rotatable bonds is 7. The number of hydrogen-bond acceptors (Lipinski definition) is 3. The van der Waals surface area contributed by atoms with Crippen LogP contribution in [-0.2, 0) is 0 Å². The zero-order chi connectivity index (χ0) is 18.4. The van der Waals surface area contributed by atoms with E-state index in [4.69, 9.17) is 16.3 Å². The summed E-state index contributed by atoms with van der Waals surface area (Å²) in [5.74, 6) is 0.839. The van der Waals surface area contributed by atoms with Crippen molar-refractivity contribution in [3.63, 3.8) is 0 Å². The van der Waals surface area contributed by atoms with Crippen molar-refractivity contribution in [2.75, 3.05) is 32.1 Å². The summed E-state index contributed by atoms with van der Waals surface area (Å²) in [5.41, 5.74) is 3.97. The summed E-state index contributed by atoms with van der Waals surface area (Å²) in [6.07, 6.45) is 1.80. The molecule has 0 aromatic heterocycles. The number of halogens is 1. The molecule has 0 atom stereocenters. The summed E-state index contributed by atoms with van der Waals surface area (Å²) in [6, 6.07) is 12.0. The molecule has 2 rings (SSSR count). The van der Waals surface area contributed by atoms with E-state index in [2.05, 4.69) is 36.7 Å². The van der Waals surface area contributed by atoms with Gasteiger partial charge in [0.1, 0.15) is 5.75 Å². The van der Waals surface area contributed by atoms with Crippen LogP contribution >= 0.6 is 11.6 Å². The maximum absolute atomic E-state index is 6.50. The standard InChI is InChI=1S/C20H26ClN3O/c1-6-23(4)14-22-17-12-15(3)19(13-16(17)21)24(7-2)18-10-8-9-11-20(18)25-5/h8-14H,6-7H2,1-5H3. The zero-order valence-corrected chi connectivity index (χ0v) is 16.3. The van der Waals surface area contributed by atoms with Crippen LogP contribution in [0.25, 0.3) is 0 Å². The lowest BCUT2D eigenvalue weighted by Gasteiger charge is -2.27. The predicted octanol–water partition coefficient (Wildman–Crippen LogP) is 5.43. The first-order chi connectivity index (χ1) is 12.0. The fourth-order valence-corrected chi connectivity index (χ4v) is 2.82. The second-order valence-electron chi connectivity index (χ2n) is 5.82. The highest BCUT2D eigenvalue weighted by Crippen LogP contribution is 2.39. The minimum absolute atomic E-state index is 0.634. The largest absolute Gasteiger partial charge is 0.495 e. The van der Waals surface area contributed by atoms with E-state index >= 15 is 0 Å². The van der Waals surface area contributed by atoms with Gasteiger partial charge in [-0.15, -0.1) is 0 Å². The van der Waals surface area contributed by atoms with E-state index in [0.29, 0.717) is 5.02 Å². The molecule has 0 heterocycles. The van der Waals surface area contributed by atoms with Gasteiger partial charge in [0.15, 0.2) is 0 Å². The van der Waals surface area contributed by atoms with Crippen LogP contribution in [0.2, 0.25) is 5.02 Å². The molecule has 0 radical (unpaired) electrons. The molecule has 134 valence electrons. The monoisotopic (exact) mass is 359 g/mol. The van der Waals surface area contributed by atoms with Gasteiger partial charge in [-0.3, -0.25) is 0 Å². The summed E-state index contributed by atoms with van der Waals surface area (Å²) in [5, 5.41) is 0.634. The molecule has 0 fully saturated rings. The van der Waals surface area contributed by atoms with E-state index in [1.807, 2.05) is 42.3 Å². The number of aryl methyl sites for hydroxylation is 1. The molecule has 0 spiro atoms. The lowest BCUT2D eigenvalue weighted by atomic mass is 10.1. The molecule has 0 unspecified atom stereocenters. The van der Waals surface area contributed by atoms with Crippen molar-refractivity contribution < 1.29 is 4.74 Å². The van der Waals surface area contributed by atoms with Gasteiger partial charge >= 0.3 is 0 Å². The SMILES string of the molecule is CCN(C)C=Nc1cc(C)c(N(CC)c2ccccc2OC)cc1Cl. The van der Waals surface area contributed by atoms with E-state index < -0.39 is 0 Å². The minimum Gasteiger partial charge on any atom is -0.495 e. The first-order valence-corrected chi connectivity index (χ1v) is 8.84. The van der Waals surface area contributed by atoms with Crippen molar-refractivity contribution in [2.45, 2.75) is 20.8 Å². The third-order valence-corrected chi connectivity index (χ3v) is 4.44. The Bertz CT molecular complexity index is 746. The van der Waals surface area contributed by atoms with Crippen molar-refractivity contribution in [1.29, 1.82) is 0 Å². The summed E-state index contributed by atoms with van der Waals surface area (Å²) in [7, 11) is 3.67. The molecule has 0 saturated carbocycles. The minimum atomic E-state index is 0.634. The van der Waals surface area contributed by atoms with Crippen LogP contribution in [0.3, 0.4) is 0 Å². The topological polar surface area (TPSA) is 28.1 Å². The van der Waals surface area contributed by atoms with Crippen LogP contribution < -0.4 is 9.64 Å². The molecular formula is C20H26ClN3O. The number of methoxy groups -OCH3 is 1. The van der Waals surface area contributed by atoms with E-state index in [1.54, 1.807) is 13.4 Å². The smallest absolute Gasteiger partial charge is 0.142 e. The van der Waals surface area contributed by atoms with Crippen molar-refractivity contribution >= 4 is 35.0 Å². The third-order valence-electron chi connectivity index (χ3n) is 4.14. The number of ether oxygens (including phenoxy) is 1. The van der Waals surface area contributed by atoms with E-state index in [1.165, 1.54) is 0 Å². The lowest BCUT2D eigenvalue weighted by Crippen LogP contribution is -2.18. The molecule has 0 aliphatic heterocycles. The maximum Gasteiger partial charge on any atom is 0.142 e. The third kappa shape index (κ3) is 4.45. The Morgan fingerprint density at radius 1 is 1.12 bits per heavy atom. The van der Waals surface area contributed by atoms with Crippen molar-refractivity contribution in [3.8, 4) is 5.75 Å². The van der Waals surface area contributed by atoms with Gasteiger partial charge in [0.05, 0.1) is 29.8 Å². The summed E-state index contributed by atoms with van der Waals surface area (Å²) in [4.78, 5) is 8.70. The van der Waals surface area contributed by atoms with Crippen LogP contribution in [-0.4, -0.2) is 38.5 Å². The first-order valence-electron chi connectivity index (χ1n) is 8.46. The van der Waals surface area contributed by atoms with Gasteiger partial charge in [0.2, 0.25) is 0 Å². The zero-order valence-electron chi connectivity index (χ0n) is 15.6. The fourth-order valence-electron chi connectivity index (χ4n) is 2.61. The van der Waals surface area contributed by atoms with Crippen molar-refractivity contribution in [1.82, 2.24) is 4.90 Å². The molecule has 0 aliphatic rings. The second-order valence-corrected chi connectivity index (χ2v) is 6.23. The summed E-state index contributed by atoms with van der Waals surface area (Å²) >= 11 is 6.50. The van der Waals surface area contributed by atoms with Gasteiger partial charge in [-0.05, 0) is 50.6 Å². The van der Waals surface area contributed by atoms with E-state index in [9.17, 15) is 0 Å². The number of hydrogen-bond donors (Lipinski definition) is 0. The van der Waals surface area contributed by atoms with Gasteiger partial charge in [-0.1, -0.05) is 23.7 Å².